The monoisotopic (exact) mass is 287 g/mol. The number of aromatic carboxylic acids is 1. The Morgan fingerprint density at radius 3 is 2.50 bits per heavy atom. The molecule has 1 aromatic carbocycles. The molecule has 20 heavy (non-hydrogen) atoms. The highest BCUT2D eigenvalue weighted by Gasteiger charge is 2.05. The summed E-state index contributed by atoms with van der Waals surface area (Å²) < 4.78 is 0. The fourth-order valence-corrected chi connectivity index (χ4v) is 2.59. The third kappa shape index (κ3) is 3.84. The van der Waals surface area contributed by atoms with Crippen LogP contribution in [-0.4, -0.2) is 16.1 Å². The van der Waals surface area contributed by atoms with Crippen molar-refractivity contribution in [3.8, 4) is 0 Å². The summed E-state index contributed by atoms with van der Waals surface area (Å²) in [6, 6.07) is 13.5. The minimum atomic E-state index is -0.988. The summed E-state index contributed by atoms with van der Waals surface area (Å²) in [5, 5.41) is 8.91. The molecule has 104 valence electrons. The van der Waals surface area contributed by atoms with Gasteiger partial charge in [-0.15, -0.1) is 11.8 Å². The van der Waals surface area contributed by atoms with Gasteiger partial charge in [0.05, 0.1) is 5.69 Å². The Kier molecular flexibility index (Phi) is 4.79. The molecule has 0 saturated carbocycles. The summed E-state index contributed by atoms with van der Waals surface area (Å²) in [5.41, 5.74) is 2.20. The standard InChI is InChI=1S/C16H17NO2S/c1-11(2)12-6-8-14(9-7-12)20-10-13-4-3-5-15(17-13)16(18)19/h3-9,11H,10H2,1-2H3,(H,18,19). The summed E-state index contributed by atoms with van der Waals surface area (Å²) >= 11 is 1.66. The molecule has 0 amide bonds. The maximum absolute atomic E-state index is 10.9. The fraction of sp³-hybridized carbons (Fsp3) is 0.250. The van der Waals surface area contributed by atoms with E-state index in [9.17, 15) is 4.79 Å². The first-order valence-electron chi connectivity index (χ1n) is 6.48. The number of rotatable bonds is 5. The van der Waals surface area contributed by atoms with Crippen molar-refractivity contribution in [3.05, 3.63) is 59.4 Å². The highest BCUT2D eigenvalue weighted by Crippen LogP contribution is 2.24. The molecule has 0 atom stereocenters. The Balaban J connectivity index is 2.01. The molecule has 1 N–H and O–H groups in total. The van der Waals surface area contributed by atoms with Crippen molar-refractivity contribution < 1.29 is 9.90 Å². The van der Waals surface area contributed by atoms with Crippen molar-refractivity contribution >= 4 is 17.7 Å². The Morgan fingerprint density at radius 1 is 1.20 bits per heavy atom. The zero-order valence-corrected chi connectivity index (χ0v) is 12.4. The van der Waals surface area contributed by atoms with E-state index in [0.717, 1.165) is 10.6 Å². The van der Waals surface area contributed by atoms with E-state index in [1.165, 1.54) is 11.6 Å². The minimum absolute atomic E-state index is 0.0956. The number of benzene rings is 1. The van der Waals surface area contributed by atoms with Crippen LogP contribution in [0.4, 0.5) is 0 Å². The van der Waals surface area contributed by atoms with Gasteiger partial charge >= 0.3 is 5.97 Å². The lowest BCUT2D eigenvalue weighted by Crippen LogP contribution is -2.01. The zero-order chi connectivity index (χ0) is 14.5. The predicted molar refractivity (Wildman–Crippen MR) is 81.3 cm³/mol. The van der Waals surface area contributed by atoms with Gasteiger partial charge in [-0.25, -0.2) is 9.78 Å². The molecule has 1 aromatic heterocycles. The highest BCUT2D eigenvalue weighted by molar-refractivity contribution is 7.98. The van der Waals surface area contributed by atoms with Gasteiger partial charge in [-0.2, -0.15) is 0 Å². The predicted octanol–water partition coefficient (Wildman–Crippen LogP) is 4.20. The van der Waals surface area contributed by atoms with Gasteiger partial charge in [-0.05, 0) is 35.7 Å². The molecule has 2 aromatic rings. The van der Waals surface area contributed by atoms with Crippen LogP contribution >= 0.6 is 11.8 Å². The molecule has 1 heterocycles. The van der Waals surface area contributed by atoms with Crippen molar-refractivity contribution in [1.29, 1.82) is 0 Å². The second-order valence-electron chi connectivity index (χ2n) is 4.83. The van der Waals surface area contributed by atoms with Crippen LogP contribution in [0, 0.1) is 0 Å². The topological polar surface area (TPSA) is 50.2 Å². The van der Waals surface area contributed by atoms with Crippen LogP contribution in [0.15, 0.2) is 47.4 Å². The molecule has 0 bridgehead atoms. The SMILES string of the molecule is CC(C)c1ccc(SCc2cccc(C(=O)O)n2)cc1. The number of nitrogens with zero attached hydrogens (tertiary/aromatic N) is 1. The van der Waals surface area contributed by atoms with Crippen LogP contribution < -0.4 is 0 Å². The number of aromatic nitrogens is 1. The number of thioether (sulfide) groups is 1. The number of carbonyl (C=O) groups is 1. The maximum atomic E-state index is 10.9. The molecule has 0 fully saturated rings. The van der Waals surface area contributed by atoms with E-state index >= 15 is 0 Å². The highest BCUT2D eigenvalue weighted by atomic mass is 32.2. The summed E-state index contributed by atoms with van der Waals surface area (Å²) in [6.45, 7) is 4.34. The molecule has 3 nitrogen and oxygen atoms in total. The van der Waals surface area contributed by atoms with Crippen LogP contribution in [-0.2, 0) is 5.75 Å². The van der Waals surface area contributed by atoms with Crippen LogP contribution in [0.3, 0.4) is 0 Å². The first-order chi connectivity index (χ1) is 9.56. The third-order valence-electron chi connectivity index (χ3n) is 2.96. The average molecular weight is 287 g/mol. The maximum Gasteiger partial charge on any atom is 0.354 e. The van der Waals surface area contributed by atoms with E-state index in [1.54, 1.807) is 17.8 Å². The van der Waals surface area contributed by atoms with Crippen LogP contribution in [0.25, 0.3) is 0 Å². The van der Waals surface area contributed by atoms with Crippen molar-refractivity contribution in [3.63, 3.8) is 0 Å². The van der Waals surface area contributed by atoms with Crippen molar-refractivity contribution in [2.45, 2.75) is 30.4 Å². The van der Waals surface area contributed by atoms with Gasteiger partial charge in [0.25, 0.3) is 0 Å². The summed E-state index contributed by atoms with van der Waals surface area (Å²) in [6.07, 6.45) is 0. The molecule has 0 unspecified atom stereocenters. The van der Waals surface area contributed by atoms with Crippen LogP contribution in [0.5, 0.6) is 0 Å². The van der Waals surface area contributed by atoms with E-state index in [1.807, 2.05) is 6.07 Å². The summed E-state index contributed by atoms with van der Waals surface area (Å²) in [5.74, 6) is 0.211. The van der Waals surface area contributed by atoms with Crippen molar-refractivity contribution in [1.82, 2.24) is 4.98 Å². The second-order valence-corrected chi connectivity index (χ2v) is 5.88. The van der Waals surface area contributed by atoms with Crippen LogP contribution in [0.2, 0.25) is 0 Å². The quantitative estimate of drug-likeness (QED) is 0.837. The lowest BCUT2D eigenvalue weighted by atomic mass is 10.0. The van der Waals surface area contributed by atoms with Gasteiger partial charge in [0, 0.05) is 10.6 Å². The molecular weight excluding hydrogens is 270 g/mol. The number of carboxylic acid groups (broad SMARTS) is 1. The van der Waals surface area contributed by atoms with Gasteiger partial charge < -0.3 is 5.11 Å². The van der Waals surface area contributed by atoms with Gasteiger partial charge in [-0.3, -0.25) is 0 Å². The molecule has 0 aliphatic carbocycles. The first kappa shape index (κ1) is 14.6. The Labute approximate surface area is 123 Å². The lowest BCUT2D eigenvalue weighted by molar-refractivity contribution is 0.0690. The number of hydrogen-bond acceptors (Lipinski definition) is 3. The summed E-state index contributed by atoms with van der Waals surface area (Å²) in [7, 11) is 0. The number of pyridine rings is 1. The van der Waals surface area contributed by atoms with E-state index in [-0.39, 0.29) is 5.69 Å². The zero-order valence-electron chi connectivity index (χ0n) is 11.5. The van der Waals surface area contributed by atoms with Crippen molar-refractivity contribution in [2.75, 3.05) is 0 Å². The molecule has 0 aliphatic rings. The molecule has 0 radical (unpaired) electrons. The summed E-state index contributed by atoms with van der Waals surface area (Å²) in [4.78, 5) is 16.1. The number of hydrogen-bond donors (Lipinski definition) is 1. The normalized spacial score (nSPS) is 10.8. The molecule has 4 heteroatoms. The fourth-order valence-electron chi connectivity index (χ4n) is 1.79. The van der Waals surface area contributed by atoms with Crippen molar-refractivity contribution in [2.24, 2.45) is 0 Å². The Morgan fingerprint density at radius 2 is 1.90 bits per heavy atom. The van der Waals surface area contributed by atoms with E-state index in [2.05, 4.69) is 43.1 Å². The number of carboxylic acids is 1. The molecule has 0 saturated heterocycles. The van der Waals surface area contributed by atoms with Gasteiger partial charge in [0.2, 0.25) is 0 Å². The molecule has 0 aliphatic heterocycles. The van der Waals surface area contributed by atoms with Gasteiger partial charge in [-0.1, -0.05) is 32.0 Å². The van der Waals surface area contributed by atoms with E-state index in [0.29, 0.717) is 11.7 Å². The molecule has 0 spiro atoms. The second kappa shape index (κ2) is 6.57. The van der Waals surface area contributed by atoms with Gasteiger partial charge in [0.1, 0.15) is 5.69 Å². The smallest absolute Gasteiger partial charge is 0.354 e. The van der Waals surface area contributed by atoms with E-state index in [4.69, 9.17) is 5.11 Å². The Bertz CT molecular complexity index is 594. The average Bonchev–Trinajstić information content (AvgIpc) is 2.46. The first-order valence-corrected chi connectivity index (χ1v) is 7.47. The van der Waals surface area contributed by atoms with E-state index < -0.39 is 5.97 Å². The van der Waals surface area contributed by atoms with Crippen LogP contribution in [0.1, 0.15) is 41.5 Å². The molecular formula is C16H17NO2S. The van der Waals surface area contributed by atoms with Gasteiger partial charge in [0.15, 0.2) is 0 Å². The lowest BCUT2D eigenvalue weighted by Gasteiger charge is -2.07. The minimum Gasteiger partial charge on any atom is -0.477 e. The largest absolute Gasteiger partial charge is 0.477 e. The molecule has 2 rings (SSSR count). The Hall–Kier alpha value is -1.81. The third-order valence-corrected chi connectivity index (χ3v) is 4.00.